The van der Waals surface area contributed by atoms with E-state index in [9.17, 15) is 4.79 Å². The standard InChI is InChI=1S/C14H22N2O.B/c1-5-16(6-2)10-13(17)15-14-11(3)8-7-9-12(14)4;/h7-9H,5-6,10H2,1-4H3,(H,15,17);. The number of para-hydroxylation sites is 1. The lowest BCUT2D eigenvalue weighted by Gasteiger charge is -2.18. The summed E-state index contributed by atoms with van der Waals surface area (Å²) in [5.74, 6) is 0.0612. The van der Waals surface area contributed by atoms with Crippen LogP contribution in [0.1, 0.15) is 25.0 Å². The molecule has 0 aliphatic carbocycles. The first-order valence-electron chi connectivity index (χ1n) is 6.16. The summed E-state index contributed by atoms with van der Waals surface area (Å²) in [5.41, 5.74) is 3.17. The minimum atomic E-state index is 0. The molecule has 1 aromatic rings. The van der Waals surface area contributed by atoms with Gasteiger partial charge in [-0.1, -0.05) is 32.0 Å². The Hall–Kier alpha value is -1.29. The predicted molar refractivity (Wildman–Crippen MR) is 78.1 cm³/mol. The van der Waals surface area contributed by atoms with Gasteiger partial charge in [-0.2, -0.15) is 0 Å². The van der Waals surface area contributed by atoms with Crippen molar-refractivity contribution < 1.29 is 4.79 Å². The molecule has 18 heavy (non-hydrogen) atoms. The number of carbonyl (C=O) groups is 1. The second-order valence-corrected chi connectivity index (χ2v) is 4.28. The average molecular weight is 245 g/mol. The number of hydrogen-bond donors (Lipinski definition) is 1. The topological polar surface area (TPSA) is 32.3 Å². The number of amides is 1. The van der Waals surface area contributed by atoms with Gasteiger partial charge in [-0.15, -0.1) is 0 Å². The van der Waals surface area contributed by atoms with E-state index in [1.54, 1.807) is 0 Å². The summed E-state index contributed by atoms with van der Waals surface area (Å²) in [5, 5.41) is 3.00. The van der Waals surface area contributed by atoms with Crippen LogP contribution in [0.25, 0.3) is 0 Å². The van der Waals surface area contributed by atoms with E-state index in [0.717, 1.165) is 29.9 Å². The Labute approximate surface area is 112 Å². The summed E-state index contributed by atoms with van der Waals surface area (Å²) in [6.45, 7) is 10.4. The van der Waals surface area contributed by atoms with Crippen LogP contribution >= 0.6 is 0 Å². The van der Waals surface area contributed by atoms with Crippen LogP contribution in [0, 0.1) is 13.8 Å². The highest BCUT2D eigenvalue weighted by molar-refractivity contribution is 5.93. The summed E-state index contributed by atoms with van der Waals surface area (Å²) in [7, 11) is 0. The second-order valence-electron chi connectivity index (χ2n) is 4.28. The van der Waals surface area contributed by atoms with Gasteiger partial charge >= 0.3 is 0 Å². The SMILES string of the molecule is CCN(CC)CC(=O)Nc1c(C)cccc1C.[B]. The molecule has 1 amide bonds. The highest BCUT2D eigenvalue weighted by atomic mass is 16.2. The van der Waals surface area contributed by atoms with Crippen LogP contribution in [0.15, 0.2) is 18.2 Å². The Kier molecular flexibility index (Phi) is 7.36. The van der Waals surface area contributed by atoms with Crippen LogP contribution in [0.4, 0.5) is 5.69 Å². The molecule has 0 atom stereocenters. The smallest absolute Gasteiger partial charge is 0.238 e. The number of anilines is 1. The van der Waals surface area contributed by atoms with Gasteiger partial charge in [0, 0.05) is 14.1 Å². The molecular weight excluding hydrogens is 223 g/mol. The molecule has 0 fully saturated rings. The summed E-state index contributed by atoms with van der Waals surface area (Å²) < 4.78 is 0. The molecule has 1 N–H and O–H groups in total. The number of rotatable bonds is 5. The molecule has 0 unspecified atom stereocenters. The van der Waals surface area contributed by atoms with Gasteiger partial charge in [-0.05, 0) is 38.1 Å². The van der Waals surface area contributed by atoms with Crippen molar-refractivity contribution in [3.05, 3.63) is 29.3 Å². The molecule has 1 aromatic carbocycles. The van der Waals surface area contributed by atoms with Crippen molar-refractivity contribution >= 4 is 20.0 Å². The first kappa shape index (κ1) is 16.7. The zero-order valence-electron chi connectivity index (χ0n) is 11.8. The van der Waals surface area contributed by atoms with E-state index in [-0.39, 0.29) is 14.3 Å². The fourth-order valence-corrected chi connectivity index (χ4v) is 1.84. The van der Waals surface area contributed by atoms with Crippen molar-refractivity contribution in [1.29, 1.82) is 0 Å². The summed E-state index contributed by atoms with van der Waals surface area (Å²) in [6, 6.07) is 6.03. The van der Waals surface area contributed by atoms with Gasteiger partial charge in [0.1, 0.15) is 0 Å². The Morgan fingerprint density at radius 2 is 1.67 bits per heavy atom. The van der Waals surface area contributed by atoms with Crippen LogP contribution in [-0.2, 0) is 4.79 Å². The second kappa shape index (κ2) is 7.93. The number of aryl methyl sites for hydroxylation is 2. The van der Waals surface area contributed by atoms with Gasteiger partial charge in [0.25, 0.3) is 0 Å². The molecule has 4 heteroatoms. The lowest BCUT2D eigenvalue weighted by atomic mass is 10.1. The van der Waals surface area contributed by atoms with Gasteiger partial charge in [0.05, 0.1) is 6.54 Å². The summed E-state index contributed by atoms with van der Waals surface area (Å²) >= 11 is 0. The number of nitrogens with zero attached hydrogens (tertiary/aromatic N) is 1. The van der Waals surface area contributed by atoms with Crippen LogP contribution < -0.4 is 5.32 Å². The minimum Gasteiger partial charge on any atom is -0.324 e. The number of likely N-dealkylation sites (N-methyl/N-ethyl adjacent to an activating group) is 1. The number of nitrogens with one attached hydrogen (secondary N) is 1. The van der Waals surface area contributed by atoms with Crippen molar-refractivity contribution in [3.8, 4) is 0 Å². The molecule has 3 nitrogen and oxygen atoms in total. The Bertz CT molecular complexity index is 369. The van der Waals surface area contributed by atoms with Gasteiger partial charge < -0.3 is 5.32 Å². The molecule has 0 bridgehead atoms. The maximum atomic E-state index is 11.9. The third-order valence-corrected chi connectivity index (χ3v) is 3.01. The Morgan fingerprint density at radius 3 is 2.11 bits per heavy atom. The predicted octanol–water partition coefficient (Wildman–Crippen LogP) is 2.20. The minimum absolute atomic E-state index is 0. The molecule has 0 saturated heterocycles. The number of carbonyl (C=O) groups excluding carboxylic acids is 1. The number of hydrogen-bond acceptors (Lipinski definition) is 2. The molecule has 0 aromatic heterocycles. The zero-order chi connectivity index (χ0) is 12.8. The van der Waals surface area contributed by atoms with Crippen molar-refractivity contribution in [1.82, 2.24) is 4.90 Å². The van der Waals surface area contributed by atoms with Gasteiger partial charge in [-0.3, -0.25) is 9.69 Å². The van der Waals surface area contributed by atoms with Crippen LogP contribution in [0.3, 0.4) is 0 Å². The first-order valence-corrected chi connectivity index (χ1v) is 6.16. The molecule has 0 saturated carbocycles. The fraction of sp³-hybridized carbons (Fsp3) is 0.500. The lowest BCUT2D eigenvalue weighted by Crippen LogP contribution is -2.33. The Balaban J connectivity index is 0.00000289. The van der Waals surface area contributed by atoms with Crippen molar-refractivity contribution in [3.63, 3.8) is 0 Å². The normalized spacial score (nSPS) is 10.1. The van der Waals surface area contributed by atoms with E-state index in [1.165, 1.54) is 0 Å². The number of benzene rings is 1. The first-order chi connectivity index (χ1) is 8.08. The quantitative estimate of drug-likeness (QED) is 0.806. The van der Waals surface area contributed by atoms with Crippen LogP contribution in [0.2, 0.25) is 0 Å². The van der Waals surface area contributed by atoms with Gasteiger partial charge in [0.2, 0.25) is 5.91 Å². The van der Waals surface area contributed by atoms with Crippen LogP contribution in [0.5, 0.6) is 0 Å². The van der Waals surface area contributed by atoms with E-state index in [4.69, 9.17) is 0 Å². The summed E-state index contributed by atoms with van der Waals surface area (Å²) in [6.07, 6.45) is 0. The van der Waals surface area contributed by atoms with Crippen molar-refractivity contribution in [2.75, 3.05) is 25.0 Å². The van der Waals surface area contributed by atoms with Crippen LogP contribution in [-0.4, -0.2) is 38.9 Å². The molecule has 3 radical (unpaired) electrons. The van der Waals surface area contributed by atoms with E-state index in [2.05, 4.69) is 24.1 Å². The summed E-state index contributed by atoms with van der Waals surface area (Å²) in [4.78, 5) is 14.0. The molecule has 0 aliphatic rings. The fourth-order valence-electron chi connectivity index (χ4n) is 1.84. The van der Waals surface area contributed by atoms with Gasteiger partial charge in [0.15, 0.2) is 0 Å². The monoisotopic (exact) mass is 245 g/mol. The van der Waals surface area contributed by atoms with Gasteiger partial charge in [-0.25, -0.2) is 0 Å². The molecule has 1 rings (SSSR count). The molecule has 97 valence electrons. The highest BCUT2D eigenvalue weighted by Gasteiger charge is 2.09. The van der Waals surface area contributed by atoms with E-state index < -0.39 is 0 Å². The zero-order valence-corrected chi connectivity index (χ0v) is 11.8. The molecular formula is C14H22BN2O. The largest absolute Gasteiger partial charge is 0.324 e. The maximum Gasteiger partial charge on any atom is 0.238 e. The average Bonchev–Trinajstić information content (AvgIpc) is 2.31. The third-order valence-electron chi connectivity index (χ3n) is 3.01. The van der Waals surface area contributed by atoms with E-state index >= 15 is 0 Å². The third kappa shape index (κ3) is 4.53. The van der Waals surface area contributed by atoms with E-state index in [1.807, 2.05) is 32.0 Å². The van der Waals surface area contributed by atoms with E-state index in [0.29, 0.717) is 6.54 Å². The molecule has 0 aliphatic heterocycles. The molecule has 0 heterocycles. The van der Waals surface area contributed by atoms with Crippen molar-refractivity contribution in [2.24, 2.45) is 0 Å². The highest BCUT2D eigenvalue weighted by Crippen LogP contribution is 2.19. The maximum absolute atomic E-state index is 11.9. The van der Waals surface area contributed by atoms with Crippen molar-refractivity contribution in [2.45, 2.75) is 27.7 Å². The Morgan fingerprint density at radius 1 is 1.17 bits per heavy atom. The lowest BCUT2D eigenvalue weighted by molar-refractivity contribution is -0.117. The molecule has 0 spiro atoms.